The summed E-state index contributed by atoms with van der Waals surface area (Å²) in [5.41, 5.74) is 0. The third-order valence-corrected chi connectivity index (χ3v) is 2.28. The minimum atomic E-state index is 0.403. The van der Waals surface area contributed by atoms with Gasteiger partial charge in [0.25, 0.3) is 0 Å². The minimum absolute atomic E-state index is 0.403. The van der Waals surface area contributed by atoms with E-state index in [2.05, 4.69) is 30.9 Å². The Morgan fingerprint density at radius 1 is 1.50 bits per heavy atom. The molecule has 0 fully saturated rings. The monoisotopic (exact) mass is 185 g/mol. The van der Waals surface area contributed by atoms with Crippen molar-refractivity contribution in [1.82, 2.24) is 14.8 Å². The molecule has 4 heteroatoms. The van der Waals surface area contributed by atoms with Gasteiger partial charge in [-0.25, -0.2) is 9.67 Å². The molecule has 1 aromatic heterocycles. The van der Waals surface area contributed by atoms with Crippen molar-refractivity contribution >= 4 is 11.8 Å². The fraction of sp³-hybridized carbons (Fsp3) is 0.750. The average molecular weight is 185 g/mol. The first-order valence-corrected chi connectivity index (χ1v) is 5.41. The van der Waals surface area contributed by atoms with Crippen molar-refractivity contribution in [2.24, 2.45) is 0 Å². The summed E-state index contributed by atoms with van der Waals surface area (Å²) >= 11 is 1.65. The molecule has 0 aliphatic heterocycles. The first-order valence-electron chi connectivity index (χ1n) is 4.18. The van der Waals surface area contributed by atoms with Crippen molar-refractivity contribution in [2.75, 3.05) is 6.26 Å². The molecule has 12 heavy (non-hydrogen) atoms. The summed E-state index contributed by atoms with van der Waals surface area (Å²) in [4.78, 5) is 4.38. The first kappa shape index (κ1) is 9.58. The summed E-state index contributed by atoms with van der Waals surface area (Å²) in [7, 11) is 0. The van der Waals surface area contributed by atoms with Crippen LogP contribution in [0.1, 0.15) is 32.6 Å². The predicted octanol–water partition coefficient (Wildman–Crippen LogP) is 2.14. The van der Waals surface area contributed by atoms with E-state index in [1.807, 2.05) is 10.9 Å². The quantitative estimate of drug-likeness (QED) is 0.676. The van der Waals surface area contributed by atoms with Gasteiger partial charge in [-0.15, -0.1) is 0 Å². The van der Waals surface area contributed by atoms with Crippen LogP contribution < -0.4 is 0 Å². The van der Waals surface area contributed by atoms with Gasteiger partial charge in [0, 0.05) is 12.5 Å². The number of hydrogen-bond donors (Lipinski definition) is 0. The number of aromatic nitrogens is 3. The molecule has 0 amide bonds. The molecular formula is C8H15N3S. The smallest absolute Gasteiger partial charge is 0.186 e. The molecule has 0 unspecified atom stereocenters. The van der Waals surface area contributed by atoms with Gasteiger partial charge in [-0.05, 0) is 20.1 Å². The van der Waals surface area contributed by atoms with Gasteiger partial charge in [-0.2, -0.15) is 5.10 Å². The molecule has 0 bridgehead atoms. The molecule has 1 aromatic rings. The molecule has 1 heterocycles. The van der Waals surface area contributed by atoms with E-state index in [9.17, 15) is 0 Å². The topological polar surface area (TPSA) is 30.7 Å². The lowest BCUT2D eigenvalue weighted by Gasteiger charge is -2.06. The lowest BCUT2D eigenvalue weighted by molar-refractivity contribution is 0.484. The normalized spacial score (nSPS) is 11.1. The molecule has 0 aliphatic rings. The third kappa shape index (κ3) is 1.80. The zero-order valence-electron chi connectivity index (χ0n) is 8.03. The van der Waals surface area contributed by atoms with E-state index in [0.717, 1.165) is 17.4 Å². The molecule has 0 N–H and O–H groups in total. The Balaban J connectivity index is 3.00. The molecule has 0 saturated heterocycles. The van der Waals surface area contributed by atoms with E-state index in [-0.39, 0.29) is 0 Å². The molecule has 0 radical (unpaired) electrons. The van der Waals surface area contributed by atoms with E-state index in [1.165, 1.54) is 0 Å². The second kappa shape index (κ2) is 3.94. The summed E-state index contributed by atoms with van der Waals surface area (Å²) in [6, 6.07) is 0.403. The summed E-state index contributed by atoms with van der Waals surface area (Å²) in [5.74, 6) is 0.938. The van der Waals surface area contributed by atoms with Crippen molar-refractivity contribution in [3.63, 3.8) is 0 Å². The fourth-order valence-corrected chi connectivity index (χ4v) is 1.61. The van der Waals surface area contributed by atoms with Crippen LogP contribution in [0.15, 0.2) is 5.16 Å². The molecule has 1 rings (SSSR count). The third-order valence-electron chi connectivity index (χ3n) is 1.63. The van der Waals surface area contributed by atoms with Gasteiger partial charge in [0.15, 0.2) is 11.0 Å². The van der Waals surface area contributed by atoms with Crippen LogP contribution in [0.5, 0.6) is 0 Å². The Bertz CT molecular complexity index is 255. The molecule has 3 nitrogen and oxygen atoms in total. The van der Waals surface area contributed by atoms with Crippen molar-refractivity contribution in [3.05, 3.63) is 5.82 Å². The van der Waals surface area contributed by atoms with Crippen molar-refractivity contribution in [1.29, 1.82) is 0 Å². The van der Waals surface area contributed by atoms with E-state index in [4.69, 9.17) is 0 Å². The van der Waals surface area contributed by atoms with E-state index < -0.39 is 0 Å². The highest BCUT2D eigenvalue weighted by Gasteiger charge is 2.09. The Morgan fingerprint density at radius 2 is 2.17 bits per heavy atom. The minimum Gasteiger partial charge on any atom is -0.238 e. The Labute approximate surface area is 77.6 Å². The molecule has 0 saturated carbocycles. The molecular weight excluding hydrogens is 170 g/mol. The predicted molar refractivity (Wildman–Crippen MR) is 51.6 cm³/mol. The van der Waals surface area contributed by atoms with Crippen LogP contribution in [0.4, 0.5) is 0 Å². The maximum atomic E-state index is 4.38. The highest BCUT2D eigenvalue weighted by molar-refractivity contribution is 7.98. The van der Waals surface area contributed by atoms with Crippen LogP contribution >= 0.6 is 11.8 Å². The number of aryl methyl sites for hydroxylation is 1. The van der Waals surface area contributed by atoms with Gasteiger partial charge >= 0.3 is 0 Å². The molecule has 0 aromatic carbocycles. The van der Waals surface area contributed by atoms with E-state index in [0.29, 0.717) is 6.04 Å². The lowest BCUT2D eigenvalue weighted by atomic mass is 10.4. The first-order chi connectivity index (χ1) is 5.69. The maximum absolute atomic E-state index is 4.38. The second-order valence-corrected chi connectivity index (χ2v) is 3.68. The van der Waals surface area contributed by atoms with Crippen LogP contribution in [0.25, 0.3) is 0 Å². The number of hydrogen-bond acceptors (Lipinski definition) is 3. The van der Waals surface area contributed by atoms with E-state index in [1.54, 1.807) is 11.8 Å². The zero-order chi connectivity index (χ0) is 9.14. The molecule has 0 spiro atoms. The van der Waals surface area contributed by atoms with Gasteiger partial charge < -0.3 is 0 Å². The SMILES string of the molecule is CCc1nc(SC)n(C(C)C)n1. The highest BCUT2D eigenvalue weighted by Crippen LogP contribution is 2.16. The Kier molecular flexibility index (Phi) is 3.14. The molecule has 68 valence electrons. The second-order valence-electron chi connectivity index (χ2n) is 2.91. The van der Waals surface area contributed by atoms with Crippen molar-refractivity contribution in [3.8, 4) is 0 Å². The number of rotatable bonds is 3. The van der Waals surface area contributed by atoms with Gasteiger partial charge in [-0.1, -0.05) is 18.7 Å². The number of thioether (sulfide) groups is 1. The van der Waals surface area contributed by atoms with Gasteiger partial charge in [0.1, 0.15) is 0 Å². The molecule has 0 atom stereocenters. The van der Waals surface area contributed by atoms with Gasteiger partial charge in [-0.3, -0.25) is 0 Å². The summed E-state index contributed by atoms with van der Waals surface area (Å²) < 4.78 is 1.98. The number of nitrogens with zero attached hydrogens (tertiary/aromatic N) is 3. The van der Waals surface area contributed by atoms with Crippen LogP contribution in [0.2, 0.25) is 0 Å². The standard InChI is InChI=1S/C8H15N3S/c1-5-7-9-8(12-4)11(10-7)6(2)3/h6H,5H2,1-4H3. The van der Waals surface area contributed by atoms with Crippen molar-refractivity contribution in [2.45, 2.75) is 38.4 Å². The van der Waals surface area contributed by atoms with Crippen LogP contribution in [0.3, 0.4) is 0 Å². The van der Waals surface area contributed by atoms with Crippen LogP contribution in [0, 0.1) is 0 Å². The summed E-state index contributed by atoms with van der Waals surface area (Å²) in [6.07, 6.45) is 2.94. The van der Waals surface area contributed by atoms with Crippen LogP contribution in [-0.4, -0.2) is 21.0 Å². The Hall–Kier alpha value is -0.510. The summed E-state index contributed by atoms with van der Waals surface area (Å²) in [6.45, 7) is 6.31. The average Bonchev–Trinajstić information content (AvgIpc) is 2.47. The zero-order valence-corrected chi connectivity index (χ0v) is 8.85. The Morgan fingerprint density at radius 3 is 2.50 bits per heavy atom. The maximum Gasteiger partial charge on any atom is 0.186 e. The van der Waals surface area contributed by atoms with Gasteiger partial charge in [0.05, 0.1) is 0 Å². The van der Waals surface area contributed by atoms with Crippen molar-refractivity contribution < 1.29 is 0 Å². The largest absolute Gasteiger partial charge is 0.238 e. The van der Waals surface area contributed by atoms with E-state index >= 15 is 0 Å². The molecule has 0 aliphatic carbocycles. The lowest BCUT2D eigenvalue weighted by Crippen LogP contribution is -2.04. The summed E-state index contributed by atoms with van der Waals surface area (Å²) in [5, 5.41) is 5.40. The highest BCUT2D eigenvalue weighted by atomic mass is 32.2. The van der Waals surface area contributed by atoms with Gasteiger partial charge in [0.2, 0.25) is 0 Å². The fourth-order valence-electron chi connectivity index (χ4n) is 0.976. The van der Waals surface area contributed by atoms with Crippen LogP contribution in [-0.2, 0) is 6.42 Å².